The zero-order chi connectivity index (χ0) is 9.68. The maximum absolute atomic E-state index is 10.9. The molecule has 0 saturated carbocycles. The van der Waals surface area contributed by atoms with E-state index in [1.54, 1.807) is 22.9 Å². The van der Waals surface area contributed by atoms with Crippen molar-refractivity contribution in [3.63, 3.8) is 0 Å². The molecule has 1 aromatic carbocycles. The van der Waals surface area contributed by atoms with Gasteiger partial charge in [-0.25, -0.2) is 4.79 Å². The molecule has 1 rings (SSSR count). The number of ether oxygens (including phenoxy) is 1. The molecule has 0 aliphatic rings. The fourth-order valence-corrected chi connectivity index (χ4v) is 1.10. The van der Waals surface area contributed by atoms with Crippen molar-refractivity contribution in [1.82, 2.24) is 3.53 Å². The third-order valence-electron chi connectivity index (χ3n) is 1.63. The lowest BCUT2D eigenvalue weighted by Gasteiger charge is -2.11. The summed E-state index contributed by atoms with van der Waals surface area (Å²) in [6, 6.07) is 9.60. The molecule has 0 radical (unpaired) electrons. The van der Waals surface area contributed by atoms with Crippen LogP contribution in [0, 0.1) is 0 Å². The fraction of sp³-hybridized carbons (Fsp3) is 0.222. The number of carbonyl (C=O) groups excluding carboxylic acids is 1. The Bertz CT molecular complexity index is 276. The number of halogens is 1. The van der Waals surface area contributed by atoms with E-state index >= 15 is 0 Å². The molecule has 4 heteroatoms. The summed E-state index contributed by atoms with van der Waals surface area (Å²) in [5.74, 6) is 0. The number of hydrogen-bond acceptors (Lipinski definition) is 2. The van der Waals surface area contributed by atoms with Gasteiger partial charge in [-0.15, -0.1) is 0 Å². The number of hydrogen-bond donors (Lipinski definition) is 1. The molecule has 1 aromatic rings. The second kappa shape index (κ2) is 5.06. The minimum atomic E-state index is -0.419. The van der Waals surface area contributed by atoms with Crippen LogP contribution >= 0.6 is 22.9 Å². The Hall–Kier alpha value is -0.780. The van der Waals surface area contributed by atoms with E-state index in [-0.39, 0.29) is 6.10 Å². The first-order valence-electron chi connectivity index (χ1n) is 3.86. The van der Waals surface area contributed by atoms with Gasteiger partial charge in [0, 0.05) is 0 Å². The summed E-state index contributed by atoms with van der Waals surface area (Å²) in [5, 5.41) is 0. The number of amides is 1. The van der Waals surface area contributed by atoms with Crippen molar-refractivity contribution in [1.29, 1.82) is 0 Å². The second-order valence-corrected chi connectivity index (χ2v) is 3.09. The molecular formula is C9H10INO2. The summed E-state index contributed by atoms with van der Waals surface area (Å²) in [4.78, 5) is 10.9. The molecule has 0 fully saturated rings. The van der Waals surface area contributed by atoms with Gasteiger partial charge >= 0.3 is 6.09 Å². The van der Waals surface area contributed by atoms with Crippen LogP contribution in [0.3, 0.4) is 0 Å². The van der Waals surface area contributed by atoms with E-state index < -0.39 is 6.09 Å². The van der Waals surface area contributed by atoms with Crippen LogP contribution in [-0.2, 0) is 4.74 Å². The Balaban J connectivity index is 2.59. The smallest absolute Gasteiger partial charge is 0.416 e. The minimum Gasteiger partial charge on any atom is -0.441 e. The average molecular weight is 291 g/mol. The lowest BCUT2D eigenvalue weighted by atomic mass is 10.1. The predicted molar refractivity (Wildman–Crippen MR) is 58.5 cm³/mol. The zero-order valence-corrected chi connectivity index (χ0v) is 9.32. The standard InChI is InChI=1S/C9H10INO2/c1-7(13-9(12)11-10)8-5-3-2-4-6-8/h2-7H,1H3,(H,11,12). The van der Waals surface area contributed by atoms with Crippen molar-refractivity contribution >= 4 is 29.0 Å². The molecular weight excluding hydrogens is 281 g/mol. The van der Waals surface area contributed by atoms with Crippen molar-refractivity contribution in [3.05, 3.63) is 35.9 Å². The van der Waals surface area contributed by atoms with Crippen LogP contribution in [-0.4, -0.2) is 6.09 Å². The number of benzene rings is 1. The summed E-state index contributed by atoms with van der Waals surface area (Å²) in [6.45, 7) is 1.83. The zero-order valence-electron chi connectivity index (χ0n) is 7.16. The van der Waals surface area contributed by atoms with Crippen LogP contribution in [0.1, 0.15) is 18.6 Å². The highest BCUT2D eigenvalue weighted by Crippen LogP contribution is 2.15. The van der Waals surface area contributed by atoms with Gasteiger partial charge in [-0.1, -0.05) is 30.3 Å². The molecule has 0 heterocycles. The average Bonchev–Trinajstić information content (AvgIpc) is 2.19. The Morgan fingerprint density at radius 1 is 1.46 bits per heavy atom. The van der Waals surface area contributed by atoms with Gasteiger partial charge in [0.1, 0.15) is 6.10 Å². The molecule has 0 saturated heterocycles. The van der Waals surface area contributed by atoms with Gasteiger partial charge in [0.2, 0.25) is 0 Å². The normalized spacial score (nSPS) is 11.8. The predicted octanol–water partition coefficient (Wildman–Crippen LogP) is 2.82. The summed E-state index contributed by atoms with van der Waals surface area (Å²) >= 11 is 1.74. The molecule has 13 heavy (non-hydrogen) atoms. The molecule has 1 N–H and O–H groups in total. The number of rotatable bonds is 2. The summed E-state index contributed by atoms with van der Waals surface area (Å²) in [5.41, 5.74) is 0.988. The monoisotopic (exact) mass is 291 g/mol. The van der Waals surface area contributed by atoms with E-state index in [0.717, 1.165) is 5.56 Å². The van der Waals surface area contributed by atoms with Gasteiger partial charge in [-0.2, -0.15) is 0 Å². The molecule has 0 spiro atoms. The van der Waals surface area contributed by atoms with Crippen LogP contribution in [0.15, 0.2) is 30.3 Å². The molecule has 1 atom stereocenters. The van der Waals surface area contributed by atoms with Crippen LogP contribution in [0.5, 0.6) is 0 Å². The summed E-state index contributed by atoms with van der Waals surface area (Å²) in [7, 11) is 0. The molecule has 1 unspecified atom stereocenters. The van der Waals surface area contributed by atoms with E-state index in [4.69, 9.17) is 4.74 Å². The van der Waals surface area contributed by atoms with Gasteiger partial charge in [-0.05, 0) is 12.5 Å². The number of carbonyl (C=O) groups is 1. The third-order valence-corrected chi connectivity index (χ3v) is 2.07. The first-order chi connectivity index (χ1) is 6.24. The van der Waals surface area contributed by atoms with E-state index in [2.05, 4.69) is 3.53 Å². The lowest BCUT2D eigenvalue weighted by Crippen LogP contribution is -2.15. The maximum atomic E-state index is 10.9. The van der Waals surface area contributed by atoms with Crippen LogP contribution in [0.2, 0.25) is 0 Å². The largest absolute Gasteiger partial charge is 0.441 e. The van der Waals surface area contributed by atoms with Crippen molar-refractivity contribution in [2.75, 3.05) is 0 Å². The highest BCUT2D eigenvalue weighted by atomic mass is 127. The summed E-state index contributed by atoms with van der Waals surface area (Å²) < 4.78 is 7.40. The Morgan fingerprint density at radius 3 is 2.62 bits per heavy atom. The molecule has 0 bridgehead atoms. The lowest BCUT2D eigenvalue weighted by molar-refractivity contribution is 0.114. The van der Waals surface area contributed by atoms with Gasteiger partial charge < -0.3 is 4.74 Å². The van der Waals surface area contributed by atoms with Gasteiger partial charge in [0.25, 0.3) is 0 Å². The Labute approximate surface area is 91.0 Å². The van der Waals surface area contributed by atoms with Crippen LogP contribution in [0.4, 0.5) is 4.79 Å². The SMILES string of the molecule is CC(OC(=O)NI)c1ccccc1. The number of nitrogens with one attached hydrogen (secondary N) is 1. The Kier molecular flexibility index (Phi) is 4.01. The van der Waals surface area contributed by atoms with E-state index in [9.17, 15) is 4.79 Å². The minimum absolute atomic E-state index is 0.212. The van der Waals surface area contributed by atoms with Gasteiger partial charge in [-0.3, -0.25) is 3.53 Å². The molecule has 0 aliphatic carbocycles. The first kappa shape index (κ1) is 10.3. The third kappa shape index (κ3) is 3.22. The van der Waals surface area contributed by atoms with E-state index in [1.807, 2.05) is 37.3 Å². The van der Waals surface area contributed by atoms with Crippen LogP contribution in [0.25, 0.3) is 0 Å². The highest BCUT2D eigenvalue weighted by molar-refractivity contribution is 14.1. The summed E-state index contributed by atoms with van der Waals surface area (Å²) in [6.07, 6.45) is -0.632. The molecule has 70 valence electrons. The van der Waals surface area contributed by atoms with Gasteiger partial charge in [0.15, 0.2) is 0 Å². The van der Waals surface area contributed by atoms with E-state index in [0.29, 0.717) is 0 Å². The highest BCUT2D eigenvalue weighted by Gasteiger charge is 2.09. The quantitative estimate of drug-likeness (QED) is 0.672. The van der Waals surface area contributed by atoms with Crippen molar-refractivity contribution in [2.45, 2.75) is 13.0 Å². The molecule has 1 amide bonds. The fourth-order valence-electron chi connectivity index (χ4n) is 0.975. The first-order valence-corrected chi connectivity index (χ1v) is 4.94. The second-order valence-electron chi connectivity index (χ2n) is 2.55. The van der Waals surface area contributed by atoms with Crippen LogP contribution < -0.4 is 3.53 Å². The molecule has 3 nitrogen and oxygen atoms in total. The van der Waals surface area contributed by atoms with Crippen molar-refractivity contribution in [3.8, 4) is 0 Å². The molecule has 0 aliphatic heterocycles. The Morgan fingerprint density at radius 2 is 2.08 bits per heavy atom. The van der Waals surface area contributed by atoms with Gasteiger partial charge in [0.05, 0.1) is 22.9 Å². The topological polar surface area (TPSA) is 38.3 Å². The van der Waals surface area contributed by atoms with Crippen molar-refractivity contribution < 1.29 is 9.53 Å². The van der Waals surface area contributed by atoms with Crippen molar-refractivity contribution in [2.24, 2.45) is 0 Å². The maximum Gasteiger partial charge on any atom is 0.416 e. The van der Waals surface area contributed by atoms with E-state index in [1.165, 1.54) is 0 Å². The molecule has 0 aromatic heterocycles.